The van der Waals surface area contributed by atoms with E-state index in [1.54, 1.807) is 6.92 Å². The van der Waals surface area contributed by atoms with Gasteiger partial charge >= 0.3 is 5.97 Å². The number of thiazole rings is 1. The maximum atomic E-state index is 12.0. The van der Waals surface area contributed by atoms with Gasteiger partial charge in [-0.05, 0) is 53.9 Å². The fraction of sp³-hybridized carbons (Fsp3) is 0.312. The van der Waals surface area contributed by atoms with Crippen molar-refractivity contribution >= 4 is 44.3 Å². The molecule has 2 rings (SSSR count). The van der Waals surface area contributed by atoms with Crippen molar-refractivity contribution in [2.75, 3.05) is 19.0 Å². The summed E-state index contributed by atoms with van der Waals surface area (Å²) in [5.74, 6) is -0.200. The average molecular weight is 413 g/mol. The van der Waals surface area contributed by atoms with Crippen LogP contribution in [0.1, 0.15) is 26.5 Å². The Morgan fingerprint density at radius 2 is 2.00 bits per heavy atom. The fourth-order valence-electron chi connectivity index (χ4n) is 2.11. The molecule has 128 valence electrons. The maximum absolute atomic E-state index is 12.0. The number of ether oxygens (including phenoxy) is 2. The zero-order valence-electron chi connectivity index (χ0n) is 13.7. The van der Waals surface area contributed by atoms with E-state index < -0.39 is 5.97 Å². The number of nitrogens with zero attached hydrogens (tertiary/aromatic N) is 1. The highest BCUT2D eigenvalue weighted by Crippen LogP contribution is 2.30. The first kappa shape index (κ1) is 18.4. The van der Waals surface area contributed by atoms with Crippen molar-refractivity contribution in [3.63, 3.8) is 0 Å². The van der Waals surface area contributed by atoms with Crippen LogP contribution in [0.4, 0.5) is 5.13 Å². The minimum absolute atomic E-state index is 0.158. The van der Waals surface area contributed by atoms with Gasteiger partial charge in [0.05, 0.1) is 17.3 Å². The van der Waals surface area contributed by atoms with Crippen molar-refractivity contribution in [2.45, 2.75) is 20.8 Å². The highest BCUT2D eigenvalue weighted by Gasteiger charge is 2.17. The summed E-state index contributed by atoms with van der Waals surface area (Å²) in [4.78, 5) is 28.1. The van der Waals surface area contributed by atoms with Crippen molar-refractivity contribution in [3.8, 4) is 5.75 Å². The molecule has 0 radical (unpaired) electrons. The highest BCUT2D eigenvalue weighted by atomic mass is 79.9. The van der Waals surface area contributed by atoms with Crippen LogP contribution in [0.15, 0.2) is 16.6 Å². The minimum Gasteiger partial charge on any atom is -0.482 e. The lowest BCUT2D eigenvalue weighted by molar-refractivity contribution is -0.118. The van der Waals surface area contributed by atoms with Crippen LogP contribution in [0.3, 0.4) is 0 Å². The molecule has 1 aromatic carbocycles. The summed E-state index contributed by atoms with van der Waals surface area (Å²) >= 11 is 4.50. The molecule has 1 amide bonds. The minimum atomic E-state index is -0.471. The lowest BCUT2D eigenvalue weighted by Crippen LogP contribution is -2.20. The Balaban J connectivity index is 2.01. The number of benzene rings is 1. The Bertz CT molecular complexity index is 765. The predicted octanol–water partition coefficient (Wildman–Crippen LogP) is 3.63. The van der Waals surface area contributed by atoms with E-state index in [1.807, 2.05) is 26.0 Å². The molecule has 0 aliphatic carbocycles. The highest BCUT2D eigenvalue weighted by molar-refractivity contribution is 9.10. The molecule has 24 heavy (non-hydrogen) atoms. The number of halogens is 1. The second-order valence-corrected chi connectivity index (χ2v) is 7.01. The number of carbonyl (C=O) groups is 2. The van der Waals surface area contributed by atoms with Crippen molar-refractivity contribution in [2.24, 2.45) is 0 Å². The Kier molecular flexibility index (Phi) is 5.95. The lowest BCUT2D eigenvalue weighted by atomic mass is 10.1. The molecule has 1 heterocycles. The standard InChI is InChI=1S/C16H17BrN2O4S/c1-8-5-9(2)13(11(17)6-8)23-7-12(20)19-16-18-10(3)14(24-16)15(21)22-4/h5-6H,7H2,1-4H3,(H,18,19,20). The Hall–Kier alpha value is -1.93. The van der Waals surface area contributed by atoms with Gasteiger partial charge in [-0.25, -0.2) is 9.78 Å². The van der Waals surface area contributed by atoms with E-state index in [4.69, 9.17) is 4.74 Å². The van der Waals surface area contributed by atoms with Gasteiger partial charge in [0, 0.05) is 0 Å². The van der Waals surface area contributed by atoms with Crippen molar-refractivity contribution in [1.29, 1.82) is 0 Å². The predicted molar refractivity (Wildman–Crippen MR) is 95.9 cm³/mol. The second kappa shape index (κ2) is 7.76. The lowest BCUT2D eigenvalue weighted by Gasteiger charge is -2.11. The van der Waals surface area contributed by atoms with Gasteiger partial charge in [0.2, 0.25) is 0 Å². The molecule has 8 heteroatoms. The van der Waals surface area contributed by atoms with Crippen molar-refractivity contribution in [1.82, 2.24) is 4.98 Å². The number of aromatic nitrogens is 1. The first-order valence-corrected chi connectivity index (χ1v) is 8.68. The third kappa shape index (κ3) is 4.33. The third-order valence-corrected chi connectivity index (χ3v) is 4.78. The fourth-order valence-corrected chi connectivity index (χ4v) is 3.80. The van der Waals surface area contributed by atoms with Gasteiger partial charge in [0.15, 0.2) is 11.7 Å². The topological polar surface area (TPSA) is 77.5 Å². The molecule has 0 spiro atoms. The summed E-state index contributed by atoms with van der Waals surface area (Å²) in [6.45, 7) is 5.42. The summed E-state index contributed by atoms with van der Waals surface area (Å²) < 4.78 is 11.1. The largest absolute Gasteiger partial charge is 0.482 e. The molecular formula is C16H17BrN2O4S. The third-order valence-electron chi connectivity index (χ3n) is 3.13. The molecular weight excluding hydrogens is 396 g/mol. The summed E-state index contributed by atoms with van der Waals surface area (Å²) in [6.07, 6.45) is 0. The molecule has 0 saturated carbocycles. The number of esters is 1. The number of rotatable bonds is 5. The van der Waals surface area contributed by atoms with Crippen LogP contribution in [-0.4, -0.2) is 30.6 Å². The molecule has 1 N–H and O–H groups in total. The number of hydrogen-bond acceptors (Lipinski definition) is 6. The van der Waals surface area contributed by atoms with Crippen LogP contribution in [0.5, 0.6) is 5.75 Å². The smallest absolute Gasteiger partial charge is 0.350 e. The van der Waals surface area contributed by atoms with E-state index in [0.717, 1.165) is 26.9 Å². The van der Waals surface area contributed by atoms with E-state index in [-0.39, 0.29) is 12.5 Å². The first-order chi connectivity index (χ1) is 11.3. The van der Waals surface area contributed by atoms with E-state index >= 15 is 0 Å². The quantitative estimate of drug-likeness (QED) is 0.758. The van der Waals surface area contributed by atoms with Gasteiger partial charge in [-0.3, -0.25) is 10.1 Å². The Morgan fingerprint density at radius 3 is 2.62 bits per heavy atom. The van der Waals surface area contributed by atoms with E-state index in [0.29, 0.717) is 21.5 Å². The molecule has 0 atom stereocenters. The number of aryl methyl sites for hydroxylation is 3. The number of amides is 1. The van der Waals surface area contributed by atoms with Crippen LogP contribution in [0.2, 0.25) is 0 Å². The monoisotopic (exact) mass is 412 g/mol. The Morgan fingerprint density at radius 1 is 1.29 bits per heavy atom. The molecule has 0 saturated heterocycles. The summed E-state index contributed by atoms with van der Waals surface area (Å²) in [6, 6.07) is 3.90. The van der Waals surface area contributed by atoms with Crippen LogP contribution >= 0.6 is 27.3 Å². The molecule has 1 aromatic heterocycles. The summed E-state index contributed by atoms with van der Waals surface area (Å²) in [7, 11) is 1.30. The SMILES string of the molecule is COC(=O)c1sc(NC(=O)COc2c(C)cc(C)cc2Br)nc1C. The molecule has 0 fully saturated rings. The van der Waals surface area contributed by atoms with E-state index in [2.05, 4.69) is 31.0 Å². The van der Waals surface area contributed by atoms with Crippen molar-refractivity contribution < 1.29 is 19.1 Å². The zero-order valence-corrected chi connectivity index (χ0v) is 16.1. The number of carbonyl (C=O) groups excluding carboxylic acids is 2. The maximum Gasteiger partial charge on any atom is 0.350 e. The summed E-state index contributed by atoms with van der Waals surface area (Å²) in [5, 5.41) is 2.96. The van der Waals surface area contributed by atoms with E-state index in [1.165, 1.54) is 7.11 Å². The van der Waals surface area contributed by atoms with Crippen LogP contribution in [0.25, 0.3) is 0 Å². The van der Waals surface area contributed by atoms with E-state index in [9.17, 15) is 9.59 Å². The molecule has 0 aliphatic rings. The molecule has 2 aromatic rings. The summed E-state index contributed by atoms with van der Waals surface area (Å²) in [5.41, 5.74) is 2.55. The molecule has 0 aliphatic heterocycles. The van der Waals surface area contributed by atoms with Gasteiger partial charge in [-0.1, -0.05) is 17.4 Å². The first-order valence-electron chi connectivity index (χ1n) is 7.07. The normalized spacial score (nSPS) is 10.4. The Labute approximate surface area is 152 Å². The van der Waals surface area contributed by atoms with Gasteiger partial charge < -0.3 is 9.47 Å². The number of nitrogens with one attached hydrogen (secondary N) is 1. The molecule has 0 bridgehead atoms. The van der Waals surface area contributed by atoms with Gasteiger partial charge in [0.25, 0.3) is 5.91 Å². The van der Waals surface area contributed by atoms with Crippen LogP contribution < -0.4 is 10.1 Å². The zero-order chi connectivity index (χ0) is 17.9. The second-order valence-electron chi connectivity index (χ2n) is 5.15. The van der Waals surface area contributed by atoms with Crippen LogP contribution in [0, 0.1) is 20.8 Å². The number of hydrogen-bond donors (Lipinski definition) is 1. The van der Waals surface area contributed by atoms with Gasteiger partial charge in [0.1, 0.15) is 10.6 Å². The van der Waals surface area contributed by atoms with Crippen molar-refractivity contribution in [3.05, 3.63) is 38.3 Å². The van der Waals surface area contributed by atoms with Crippen LogP contribution in [-0.2, 0) is 9.53 Å². The van der Waals surface area contributed by atoms with Gasteiger partial charge in [-0.2, -0.15) is 0 Å². The molecule has 0 unspecified atom stereocenters. The van der Waals surface area contributed by atoms with Gasteiger partial charge in [-0.15, -0.1) is 0 Å². The number of methoxy groups -OCH3 is 1. The average Bonchev–Trinajstić information content (AvgIpc) is 2.85. The molecule has 6 nitrogen and oxygen atoms in total. The number of anilines is 1.